The van der Waals surface area contributed by atoms with E-state index in [0.29, 0.717) is 0 Å². The summed E-state index contributed by atoms with van der Waals surface area (Å²) in [5, 5.41) is 2.66. The molecule has 0 rings (SSSR count). The SMILES string of the molecule is CNCOCCC(COP(=O)(O)OCP(=O)(O)O)OP(=O)(O)COP(C)(=O)O. The van der Waals surface area contributed by atoms with Gasteiger partial charge in [0.15, 0.2) is 12.7 Å². The molecule has 0 aliphatic rings. The topological polar surface area (TPSA) is 228 Å². The molecule has 0 saturated carbocycles. The first kappa shape index (κ1) is 28.5. The first-order chi connectivity index (χ1) is 12.6. The number of rotatable bonds is 16. The summed E-state index contributed by atoms with van der Waals surface area (Å²) in [4.78, 5) is 45.3. The van der Waals surface area contributed by atoms with Crippen molar-refractivity contribution < 1.29 is 65.6 Å². The average Bonchev–Trinajstić information content (AvgIpc) is 2.52. The Hall–Kier alpha value is 0.480. The number of phosphoric ester groups is 1. The Labute approximate surface area is 161 Å². The molecule has 0 aromatic heterocycles. The van der Waals surface area contributed by atoms with Crippen molar-refractivity contribution in [3.63, 3.8) is 0 Å². The quantitative estimate of drug-likeness (QED) is 0.0954. The summed E-state index contributed by atoms with van der Waals surface area (Å²) in [6, 6.07) is 0. The predicted molar refractivity (Wildman–Crippen MR) is 94.7 cm³/mol. The van der Waals surface area contributed by atoms with Gasteiger partial charge < -0.3 is 33.7 Å². The first-order valence-electron chi connectivity index (χ1n) is 7.39. The zero-order valence-electron chi connectivity index (χ0n) is 15.0. The van der Waals surface area contributed by atoms with Crippen molar-refractivity contribution in [2.45, 2.75) is 12.5 Å². The molecule has 0 fully saturated rings. The Kier molecular flexibility index (Phi) is 12.6. The Balaban J connectivity index is 4.86. The molecule has 0 spiro atoms. The molecular weight excluding hydrogens is 470 g/mol. The van der Waals surface area contributed by atoms with Crippen molar-refractivity contribution >= 4 is 30.6 Å². The summed E-state index contributed by atoms with van der Waals surface area (Å²) in [6.07, 6.45) is -3.96. The highest BCUT2D eigenvalue weighted by Crippen LogP contribution is 2.51. The number of hydrogen-bond donors (Lipinski definition) is 6. The van der Waals surface area contributed by atoms with E-state index in [1.54, 1.807) is 7.05 Å². The van der Waals surface area contributed by atoms with Crippen LogP contribution in [0.4, 0.5) is 0 Å². The largest absolute Gasteiger partial charge is 0.472 e. The third-order valence-corrected chi connectivity index (χ3v) is 5.91. The maximum Gasteiger partial charge on any atom is 0.472 e. The highest BCUT2D eigenvalue weighted by molar-refractivity contribution is 7.55. The molecule has 0 aliphatic heterocycles. The van der Waals surface area contributed by atoms with E-state index in [-0.39, 0.29) is 19.8 Å². The van der Waals surface area contributed by atoms with E-state index >= 15 is 0 Å². The van der Waals surface area contributed by atoms with E-state index in [1.165, 1.54) is 0 Å². The van der Waals surface area contributed by atoms with Crippen LogP contribution in [0.2, 0.25) is 0 Å². The molecule has 0 amide bonds. The van der Waals surface area contributed by atoms with Gasteiger partial charge in [-0.25, -0.2) is 4.57 Å². The fourth-order valence-electron chi connectivity index (χ4n) is 1.36. The zero-order chi connectivity index (χ0) is 22.1. The lowest BCUT2D eigenvalue weighted by Crippen LogP contribution is -2.23. The van der Waals surface area contributed by atoms with E-state index in [1.807, 2.05) is 0 Å². The molecule has 0 bridgehead atoms. The molecule has 0 saturated heterocycles. The molecular formula is C9H25NO14P4. The van der Waals surface area contributed by atoms with Crippen molar-refractivity contribution in [3.8, 4) is 0 Å². The minimum Gasteiger partial charge on any atom is -0.366 e. The molecule has 0 heterocycles. The highest BCUT2D eigenvalue weighted by atomic mass is 31.2. The molecule has 19 heteroatoms. The average molecular weight is 495 g/mol. The third kappa shape index (κ3) is 17.3. The van der Waals surface area contributed by atoms with Gasteiger partial charge in [-0.05, 0) is 13.5 Å². The van der Waals surface area contributed by atoms with Crippen molar-refractivity contribution in [2.75, 3.05) is 46.4 Å². The number of hydrogen-bond acceptors (Lipinski definition) is 10. The molecule has 0 aromatic carbocycles. The van der Waals surface area contributed by atoms with Crippen LogP contribution in [-0.4, -0.2) is 76.9 Å². The van der Waals surface area contributed by atoms with Gasteiger partial charge in [0.05, 0.1) is 26.0 Å². The van der Waals surface area contributed by atoms with Gasteiger partial charge in [-0.3, -0.25) is 32.6 Å². The third-order valence-electron chi connectivity index (χ3n) is 2.42. The van der Waals surface area contributed by atoms with Crippen LogP contribution in [0.3, 0.4) is 0 Å². The van der Waals surface area contributed by atoms with Crippen LogP contribution in [0.1, 0.15) is 6.42 Å². The molecule has 28 heavy (non-hydrogen) atoms. The summed E-state index contributed by atoms with van der Waals surface area (Å²) >= 11 is 0. The maximum atomic E-state index is 11.9. The van der Waals surface area contributed by atoms with Crippen molar-refractivity contribution in [1.29, 1.82) is 0 Å². The molecule has 170 valence electrons. The number of nitrogens with one attached hydrogen (secondary N) is 1. The van der Waals surface area contributed by atoms with Gasteiger partial charge in [-0.1, -0.05) is 0 Å². The minimum absolute atomic E-state index is 0.0406. The summed E-state index contributed by atoms with van der Waals surface area (Å²) in [5.41, 5.74) is 0. The van der Waals surface area contributed by atoms with Crippen LogP contribution in [0.25, 0.3) is 0 Å². The van der Waals surface area contributed by atoms with Crippen LogP contribution in [-0.2, 0) is 41.1 Å². The second-order valence-corrected chi connectivity index (χ2v) is 12.0. The Bertz CT molecular complexity index is 645. The second-order valence-electron chi connectivity index (χ2n) is 5.31. The van der Waals surface area contributed by atoms with Crippen LogP contribution in [0.15, 0.2) is 0 Å². The Morgan fingerprint density at radius 3 is 2.04 bits per heavy atom. The van der Waals surface area contributed by atoms with Gasteiger partial charge in [-0.15, -0.1) is 0 Å². The first-order valence-corrected chi connectivity index (χ1v) is 14.5. The van der Waals surface area contributed by atoms with Crippen molar-refractivity contribution in [2.24, 2.45) is 0 Å². The molecule has 0 radical (unpaired) electrons. The van der Waals surface area contributed by atoms with Crippen LogP contribution >= 0.6 is 30.6 Å². The normalized spacial score (nSPS) is 20.1. The van der Waals surface area contributed by atoms with Gasteiger partial charge >= 0.3 is 30.6 Å². The standard InChI is InChI=1S/C9H25NO14P4/c1-10-6-20-4-3-9(24-27(16,17)8-22-25(2,11)12)5-21-28(18,19)23-7-26(13,14)15/h9-10H,3-8H2,1-2H3,(H,11,12)(H,16,17)(H,18,19)(H2,13,14,15). The Morgan fingerprint density at radius 1 is 0.929 bits per heavy atom. The molecule has 4 atom stereocenters. The van der Waals surface area contributed by atoms with Crippen LogP contribution in [0, 0.1) is 0 Å². The number of phosphoric acid groups is 1. The minimum atomic E-state index is -4.91. The van der Waals surface area contributed by atoms with E-state index in [2.05, 4.69) is 18.9 Å². The lowest BCUT2D eigenvalue weighted by atomic mass is 10.3. The van der Waals surface area contributed by atoms with Crippen molar-refractivity contribution in [3.05, 3.63) is 0 Å². The zero-order valence-corrected chi connectivity index (χ0v) is 18.6. The van der Waals surface area contributed by atoms with Gasteiger partial charge in [0.1, 0.15) is 0 Å². The Morgan fingerprint density at radius 2 is 1.54 bits per heavy atom. The lowest BCUT2D eigenvalue weighted by Gasteiger charge is -2.22. The highest BCUT2D eigenvalue weighted by Gasteiger charge is 2.32. The fourth-order valence-corrected chi connectivity index (χ4v) is 5.11. The van der Waals surface area contributed by atoms with Gasteiger partial charge in [0, 0.05) is 6.66 Å². The van der Waals surface area contributed by atoms with E-state index in [4.69, 9.17) is 23.9 Å². The van der Waals surface area contributed by atoms with E-state index in [9.17, 15) is 28.0 Å². The molecule has 4 unspecified atom stereocenters. The summed E-state index contributed by atoms with van der Waals surface area (Å²) in [6.45, 7) is 0.0762. The summed E-state index contributed by atoms with van der Waals surface area (Å²) < 4.78 is 68.1. The summed E-state index contributed by atoms with van der Waals surface area (Å²) in [5.74, 6) is 0. The van der Waals surface area contributed by atoms with Gasteiger partial charge in [0.2, 0.25) is 0 Å². The van der Waals surface area contributed by atoms with Gasteiger partial charge in [-0.2, -0.15) is 0 Å². The van der Waals surface area contributed by atoms with Gasteiger partial charge in [0.25, 0.3) is 0 Å². The lowest BCUT2D eigenvalue weighted by molar-refractivity contribution is 0.0434. The molecule has 15 nitrogen and oxygen atoms in total. The van der Waals surface area contributed by atoms with E-state index in [0.717, 1.165) is 6.66 Å². The maximum absolute atomic E-state index is 11.9. The molecule has 0 aromatic rings. The predicted octanol–water partition coefficient (Wildman–Crippen LogP) is 0.199. The van der Waals surface area contributed by atoms with E-state index < -0.39 is 56.0 Å². The fraction of sp³-hybridized carbons (Fsp3) is 1.00. The van der Waals surface area contributed by atoms with Crippen LogP contribution < -0.4 is 5.32 Å². The molecule has 6 N–H and O–H groups in total. The monoisotopic (exact) mass is 495 g/mol. The number of ether oxygens (including phenoxy) is 1. The summed E-state index contributed by atoms with van der Waals surface area (Å²) in [7, 11) is -16.7. The second kappa shape index (κ2) is 12.4. The smallest absolute Gasteiger partial charge is 0.366 e. The van der Waals surface area contributed by atoms with Crippen LogP contribution in [0.5, 0.6) is 0 Å². The molecule has 0 aliphatic carbocycles. The van der Waals surface area contributed by atoms with Crippen molar-refractivity contribution in [1.82, 2.24) is 5.32 Å².